The fraction of sp³-hybridized carbons (Fsp3) is 0.167. The number of aryl methyl sites for hydroxylation is 1. The second-order valence-electron chi connectivity index (χ2n) is 7.02. The lowest BCUT2D eigenvalue weighted by Gasteiger charge is -2.17. The predicted molar refractivity (Wildman–Crippen MR) is 114 cm³/mol. The third-order valence-corrected chi connectivity index (χ3v) is 5.00. The highest BCUT2D eigenvalue weighted by molar-refractivity contribution is 6.07. The van der Waals surface area contributed by atoms with E-state index in [1.807, 2.05) is 49.4 Å². The highest BCUT2D eigenvalue weighted by atomic mass is 16.5. The molecule has 0 unspecified atom stereocenters. The van der Waals surface area contributed by atoms with Crippen LogP contribution in [-0.2, 0) is 11.2 Å². The molecule has 0 atom stereocenters. The summed E-state index contributed by atoms with van der Waals surface area (Å²) in [5.41, 5.74) is 4.37. The van der Waals surface area contributed by atoms with Crippen LogP contribution in [0.4, 0.5) is 11.4 Å². The van der Waals surface area contributed by atoms with Gasteiger partial charge in [0.1, 0.15) is 5.75 Å². The summed E-state index contributed by atoms with van der Waals surface area (Å²) < 4.78 is 5.56. The molecule has 0 fully saturated rings. The SMILES string of the molecule is Cc1ccccc1OCC(=O)Nc1ccc(C(=O)N2CCc3ccccc32)cc1. The Bertz CT molecular complexity index is 1040. The predicted octanol–water partition coefficient (Wildman–Crippen LogP) is 4.22. The van der Waals surface area contributed by atoms with Crippen molar-refractivity contribution in [1.29, 1.82) is 0 Å². The summed E-state index contributed by atoms with van der Waals surface area (Å²) in [6.45, 7) is 2.55. The van der Waals surface area contributed by atoms with Crippen molar-refractivity contribution >= 4 is 23.2 Å². The molecule has 5 heteroatoms. The molecule has 4 rings (SSSR count). The molecule has 3 aromatic rings. The smallest absolute Gasteiger partial charge is 0.262 e. The number of nitrogens with zero attached hydrogens (tertiary/aromatic N) is 1. The van der Waals surface area contributed by atoms with Crippen molar-refractivity contribution in [3.63, 3.8) is 0 Å². The number of hydrogen-bond donors (Lipinski definition) is 1. The molecule has 1 heterocycles. The zero-order chi connectivity index (χ0) is 20.2. The largest absolute Gasteiger partial charge is 0.483 e. The van der Waals surface area contributed by atoms with Crippen molar-refractivity contribution in [2.24, 2.45) is 0 Å². The van der Waals surface area contributed by atoms with E-state index in [-0.39, 0.29) is 18.4 Å². The quantitative estimate of drug-likeness (QED) is 0.714. The van der Waals surface area contributed by atoms with Crippen LogP contribution in [0, 0.1) is 6.92 Å². The van der Waals surface area contributed by atoms with E-state index in [2.05, 4.69) is 11.4 Å². The maximum Gasteiger partial charge on any atom is 0.262 e. The summed E-state index contributed by atoms with van der Waals surface area (Å²) in [5.74, 6) is 0.408. The van der Waals surface area contributed by atoms with E-state index in [9.17, 15) is 9.59 Å². The first kappa shape index (κ1) is 18.7. The van der Waals surface area contributed by atoms with Gasteiger partial charge in [-0.1, -0.05) is 36.4 Å². The van der Waals surface area contributed by atoms with Crippen LogP contribution in [0.5, 0.6) is 5.75 Å². The summed E-state index contributed by atoms with van der Waals surface area (Å²) in [6, 6.07) is 22.5. The molecule has 146 valence electrons. The van der Waals surface area contributed by atoms with Crippen LogP contribution in [0.2, 0.25) is 0 Å². The van der Waals surface area contributed by atoms with Crippen molar-refractivity contribution < 1.29 is 14.3 Å². The summed E-state index contributed by atoms with van der Waals surface area (Å²) in [6.07, 6.45) is 0.872. The van der Waals surface area contributed by atoms with Crippen molar-refractivity contribution in [3.8, 4) is 5.75 Å². The summed E-state index contributed by atoms with van der Waals surface area (Å²) >= 11 is 0. The van der Waals surface area contributed by atoms with Crippen LogP contribution in [0.25, 0.3) is 0 Å². The van der Waals surface area contributed by atoms with Gasteiger partial charge >= 0.3 is 0 Å². The third kappa shape index (κ3) is 4.14. The molecule has 2 amide bonds. The van der Waals surface area contributed by atoms with Crippen LogP contribution in [0.1, 0.15) is 21.5 Å². The van der Waals surface area contributed by atoms with Gasteiger partial charge in [0.25, 0.3) is 11.8 Å². The molecule has 29 heavy (non-hydrogen) atoms. The standard InChI is InChI=1S/C24H22N2O3/c1-17-6-2-5-9-22(17)29-16-23(27)25-20-12-10-19(11-13-20)24(28)26-15-14-18-7-3-4-8-21(18)26/h2-13H,14-16H2,1H3,(H,25,27). The number of carbonyl (C=O) groups is 2. The fourth-order valence-electron chi connectivity index (χ4n) is 3.46. The van der Waals surface area contributed by atoms with Gasteiger partial charge in [-0.05, 0) is 60.9 Å². The van der Waals surface area contributed by atoms with E-state index in [0.717, 1.165) is 17.7 Å². The molecule has 0 aromatic heterocycles. The van der Waals surface area contributed by atoms with Crippen LogP contribution in [0.15, 0.2) is 72.8 Å². The fourth-order valence-corrected chi connectivity index (χ4v) is 3.46. The van der Waals surface area contributed by atoms with Crippen LogP contribution in [0.3, 0.4) is 0 Å². The molecule has 0 spiro atoms. The average molecular weight is 386 g/mol. The van der Waals surface area contributed by atoms with Gasteiger partial charge in [0, 0.05) is 23.5 Å². The number of nitrogens with one attached hydrogen (secondary N) is 1. The monoisotopic (exact) mass is 386 g/mol. The first-order valence-corrected chi connectivity index (χ1v) is 9.60. The number of ether oxygens (including phenoxy) is 1. The molecule has 0 saturated carbocycles. The van der Waals surface area contributed by atoms with Crippen molar-refractivity contribution in [2.45, 2.75) is 13.3 Å². The van der Waals surface area contributed by atoms with Gasteiger partial charge < -0.3 is 15.0 Å². The molecule has 0 radical (unpaired) electrons. The number of amides is 2. The van der Waals surface area contributed by atoms with E-state index in [1.165, 1.54) is 5.56 Å². The lowest BCUT2D eigenvalue weighted by Crippen LogP contribution is -2.28. The Morgan fingerprint density at radius 2 is 1.69 bits per heavy atom. The van der Waals surface area contributed by atoms with Gasteiger partial charge in [-0.25, -0.2) is 0 Å². The number of benzene rings is 3. The topological polar surface area (TPSA) is 58.6 Å². The Balaban J connectivity index is 1.36. The molecule has 1 aliphatic heterocycles. The Labute approximate surface area is 169 Å². The van der Waals surface area contributed by atoms with Gasteiger partial charge in [-0.15, -0.1) is 0 Å². The minimum atomic E-state index is -0.249. The number of hydrogen-bond acceptors (Lipinski definition) is 3. The van der Waals surface area contributed by atoms with Gasteiger partial charge in [0.15, 0.2) is 6.61 Å². The van der Waals surface area contributed by atoms with Crippen molar-refractivity contribution in [1.82, 2.24) is 0 Å². The van der Waals surface area contributed by atoms with Gasteiger partial charge in [-0.2, -0.15) is 0 Å². The van der Waals surface area contributed by atoms with Gasteiger partial charge in [-0.3, -0.25) is 9.59 Å². The minimum Gasteiger partial charge on any atom is -0.483 e. The number of para-hydroxylation sites is 2. The molecule has 1 aliphatic rings. The maximum absolute atomic E-state index is 12.9. The summed E-state index contributed by atoms with van der Waals surface area (Å²) in [5, 5.41) is 2.79. The first-order valence-electron chi connectivity index (χ1n) is 9.60. The number of rotatable bonds is 5. The molecule has 0 aliphatic carbocycles. The molecule has 0 bridgehead atoms. The molecular formula is C24H22N2O3. The van der Waals surface area contributed by atoms with E-state index >= 15 is 0 Å². The van der Waals surface area contributed by atoms with Crippen molar-refractivity contribution in [2.75, 3.05) is 23.4 Å². The Morgan fingerprint density at radius 3 is 2.48 bits per heavy atom. The molecule has 1 N–H and O–H groups in total. The first-order chi connectivity index (χ1) is 14.1. The number of fused-ring (bicyclic) bond motifs is 1. The Morgan fingerprint density at radius 1 is 0.966 bits per heavy atom. The van der Waals surface area contributed by atoms with Gasteiger partial charge in [0.2, 0.25) is 0 Å². The minimum absolute atomic E-state index is 0.0317. The molecule has 3 aromatic carbocycles. The second kappa shape index (κ2) is 8.19. The Kier molecular flexibility index (Phi) is 5.29. The number of carbonyl (C=O) groups excluding carboxylic acids is 2. The van der Waals surface area contributed by atoms with E-state index < -0.39 is 0 Å². The highest BCUT2D eigenvalue weighted by Crippen LogP contribution is 2.29. The summed E-state index contributed by atoms with van der Waals surface area (Å²) in [4.78, 5) is 26.8. The van der Waals surface area contributed by atoms with E-state index in [0.29, 0.717) is 23.5 Å². The van der Waals surface area contributed by atoms with Crippen LogP contribution >= 0.6 is 0 Å². The average Bonchev–Trinajstić information content (AvgIpc) is 3.17. The van der Waals surface area contributed by atoms with E-state index in [1.54, 1.807) is 29.2 Å². The van der Waals surface area contributed by atoms with Crippen molar-refractivity contribution in [3.05, 3.63) is 89.5 Å². The molecule has 0 saturated heterocycles. The number of anilines is 2. The van der Waals surface area contributed by atoms with Gasteiger partial charge in [0.05, 0.1) is 0 Å². The third-order valence-electron chi connectivity index (χ3n) is 5.00. The lowest BCUT2D eigenvalue weighted by atomic mass is 10.1. The van der Waals surface area contributed by atoms with E-state index in [4.69, 9.17) is 4.74 Å². The second-order valence-corrected chi connectivity index (χ2v) is 7.02. The Hall–Kier alpha value is -3.60. The van der Waals surface area contributed by atoms with Crippen LogP contribution in [-0.4, -0.2) is 25.0 Å². The van der Waals surface area contributed by atoms with Crippen LogP contribution < -0.4 is 15.0 Å². The normalized spacial score (nSPS) is 12.4. The highest BCUT2D eigenvalue weighted by Gasteiger charge is 2.24. The lowest BCUT2D eigenvalue weighted by molar-refractivity contribution is -0.118. The maximum atomic E-state index is 12.9. The zero-order valence-corrected chi connectivity index (χ0v) is 16.2. The molecule has 5 nitrogen and oxygen atoms in total. The summed E-state index contributed by atoms with van der Waals surface area (Å²) in [7, 11) is 0. The zero-order valence-electron chi connectivity index (χ0n) is 16.2. The molecular weight excluding hydrogens is 364 g/mol.